The molecule has 4 nitrogen and oxygen atoms in total. The van der Waals surface area contributed by atoms with E-state index in [1.54, 1.807) is 0 Å². The zero-order valence-corrected chi connectivity index (χ0v) is 11.0. The van der Waals surface area contributed by atoms with Crippen LogP contribution in [0, 0.1) is 5.92 Å². The molecule has 3 rings (SSSR count). The van der Waals surface area contributed by atoms with Gasteiger partial charge in [-0.3, -0.25) is 0 Å². The third-order valence-electron chi connectivity index (χ3n) is 4.11. The van der Waals surface area contributed by atoms with E-state index in [2.05, 4.69) is 15.3 Å². The first-order chi connectivity index (χ1) is 9.54. The summed E-state index contributed by atoms with van der Waals surface area (Å²) in [6.45, 7) is 2.48. The topological polar surface area (TPSA) is 41.1 Å². The number of nitrogens with zero attached hydrogens (tertiary/aromatic N) is 3. The molecule has 0 spiro atoms. The molecule has 2 fully saturated rings. The van der Waals surface area contributed by atoms with Crippen LogP contribution in [0.4, 0.5) is 19.1 Å². The Labute approximate surface area is 115 Å². The highest BCUT2D eigenvalue weighted by Gasteiger charge is 2.35. The van der Waals surface area contributed by atoms with Gasteiger partial charge in [0, 0.05) is 25.3 Å². The lowest BCUT2D eigenvalue weighted by atomic mass is 9.85. The van der Waals surface area contributed by atoms with E-state index in [4.69, 9.17) is 0 Å². The number of halogens is 3. The van der Waals surface area contributed by atoms with Crippen molar-refractivity contribution in [2.24, 2.45) is 5.92 Å². The van der Waals surface area contributed by atoms with E-state index < -0.39 is 11.9 Å². The summed E-state index contributed by atoms with van der Waals surface area (Å²) >= 11 is 0. The number of hydrogen-bond acceptors (Lipinski definition) is 4. The molecule has 20 heavy (non-hydrogen) atoms. The smallest absolute Gasteiger partial charge is 0.340 e. The lowest BCUT2D eigenvalue weighted by Gasteiger charge is -2.41. The summed E-state index contributed by atoms with van der Waals surface area (Å²) in [5, 5.41) is 3.48. The maximum absolute atomic E-state index is 12.7. The van der Waals surface area contributed by atoms with Crippen LogP contribution in [-0.4, -0.2) is 35.6 Å². The molecule has 0 saturated carbocycles. The van der Waals surface area contributed by atoms with Crippen LogP contribution >= 0.6 is 0 Å². The summed E-state index contributed by atoms with van der Waals surface area (Å²) in [5.41, 5.74) is -0.869. The van der Waals surface area contributed by atoms with Gasteiger partial charge in [0.05, 0.1) is 0 Å². The number of piperidine rings is 2. The maximum Gasteiger partial charge on any atom is 0.433 e. The lowest BCUT2D eigenvalue weighted by molar-refractivity contribution is -0.141. The number of nitrogens with one attached hydrogen (secondary N) is 1. The Morgan fingerprint density at radius 1 is 1.30 bits per heavy atom. The van der Waals surface area contributed by atoms with Crippen molar-refractivity contribution in [1.82, 2.24) is 15.3 Å². The second-order valence-corrected chi connectivity index (χ2v) is 5.44. The quantitative estimate of drug-likeness (QED) is 0.858. The van der Waals surface area contributed by atoms with Crippen LogP contribution in [0.25, 0.3) is 0 Å². The largest absolute Gasteiger partial charge is 0.433 e. The number of hydrogen-bond donors (Lipinski definition) is 1. The molecule has 1 N–H and O–H groups in total. The summed E-state index contributed by atoms with van der Waals surface area (Å²) in [6.07, 6.45) is -0.0470. The molecule has 2 aliphatic heterocycles. The van der Waals surface area contributed by atoms with E-state index in [9.17, 15) is 13.2 Å². The van der Waals surface area contributed by atoms with E-state index in [1.165, 1.54) is 6.20 Å². The average molecular weight is 286 g/mol. The van der Waals surface area contributed by atoms with E-state index >= 15 is 0 Å². The Kier molecular flexibility index (Phi) is 3.54. The van der Waals surface area contributed by atoms with E-state index in [0.29, 0.717) is 18.5 Å². The maximum atomic E-state index is 12.7. The van der Waals surface area contributed by atoms with Gasteiger partial charge < -0.3 is 10.2 Å². The number of rotatable bonds is 1. The van der Waals surface area contributed by atoms with Crippen molar-refractivity contribution in [2.45, 2.75) is 31.5 Å². The molecule has 0 aliphatic carbocycles. The average Bonchev–Trinajstić information content (AvgIpc) is 2.46. The number of aromatic nitrogens is 2. The van der Waals surface area contributed by atoms with Gasteiger partial charge in [-0.2, -0.15) is 13.2 Å². The van der Waals surface area contributed by atoms with Crippen LogP contribution in [0.1, 0.15) is 25.0 Å². The number of anilines is 1. The summed E-state index contributed by atoms with van der Waals surface area (Å²) in [5.74, 6) is 0.680. The molecule has 0 aromatic carbocycles. The minimum absolute atomic E-state index is 0.198. The zero-order valence-electron chi connectivity index (χ0n) is 11.0. The fourth-order valence-corrected chi connectivity index (χ4v) is 3.09. The van der Waals surface area contributed by atoms with Crippen molar-refractivity contribution in [3.05, 3.63) is 18.0 Å². The first-order valence-corrected chi connectivity index (χ1v) is 6.92. The van der Waals surface area contributed by atoms with Gasteiger partial charge in [0.25, 0.3) is 0 Å². The molecule has 0 amide bonds. The highest BCUT2D eigenvalue weighted by Crippen LogP contribution is 2.30. The fraction of sp³-hybridized carbons (Fsp3) is 0.692. The standard InChI is InChI=1S/C13H17F3N4/c14-13(15,16)11-3-6-18-12(19-11)20-7-4-10-9(8-20)2-1-5-17-10/h3,6,9-10,17H,1-2,4-5,7-8H2/t9-,10+/m1/s1. The van der Waals surface area contributed by atoms with Crippen molar-refractivity contribution in [3.63, 3.8) is 0 Å². The van der Waals surface area contributed by atoms with Gasteiger partial charge >= 0.3 is 6.18 Å². The third kappa shape index (κ3) is 2.72. The van der Waals surface area contributed by atoms with Gasteiger partial charge in [0.1, 0.15) is 5.69 Å². The molecular weight excluding hydrogens is 269 g/mol. The van der Waals surface area contributed by atoms with Crippen molar-refractivity contribution >= 4 is 5.95 Å². The molecule has 110 valence electrons. The predicted molar refractivity (Wildman–Crippen MR) is 68.4 cm³/mol. The van der Waals surface area contributed by atoms with Crippen LogP contribution in [-0.2, 0) is 6.18 Å². The van der Waals surface area contributed by atoms with Crippen molar-refractivity contribution < 1.29 is 13.2 Å². The number of alkyl halides is 3. The van der Waals surface area contributed by atoms with Crippen LogP contribution in [0.5, 0.6) is 0 Å². The molecular formula is C13H17F3N4. The van der Waals surface area contributed by atoms with Crippen LogP contribution < -0.4 is 10.2 Å². The molecule has 0 radical (unpaired) electrons. The first kappa shape index (κ1) is 13.6. The first-order valence-electron chi connectivity index (χ1n) is 6.92. The summed E-state index contributed by atoms with van der Waals surface area (Å²) in [4.78, 5) is 9.56. The summed E-state index contributed by atoms with van der Waals surface area (Å²) in [6, 6.07) is 1.41. The van der Waals surface area contributed by atoms with Crippen molar-refractivity contribution in [1.29, 1.82) is 0 Å². The molecule has 0 unspecified atom stereocenters. The van der Waals surface area contributed by atoms with Crippen molar-refractivity contribution in [3.8, 4) is 0 Å². The van der Waals surface area contributed by atoms with E-state index in [1.807, 2.05) is 4.90 Å². The second kappa shape index (κ2) is 5.20. The minimum Gasteiger partial charge on any atom is -0.340 e. The SMILES string of the molecule is FC(F)(F)c1ccnc(N2CC[C@@H]3NCCC[C@@H]3C2)n1. The van der Waals surface area contributed by atoms with Crippen LogP contribution in [0.15, 0.2) is 12.3 Å². The van der Waals surface area contributed by atoms with Gasteiger partial charge in [-0.05, 0) is 37.8 Å². The summed E-state index contributed by atoms with van der Waals surface area (Å²) < 4.78 is 38.1. The molecule has 7 heteroatoms. The van der Waals surface area contributed by atoms with E-state index in [-0.39, 0.29) is 5.95 Å². The Bertz CT molecular complexity index is 477. The zero-order chi connectivity index (χ0) is 14.2. The van der Waals surface area contributed by atoms with Crippen LogP contribution in [0.3, 0.4) is 0 Å². The Morgan fingerprint density at radius 3 is 2.95 bits per heavy atom. The molecule has 1 aromatic rings. The lowest BCUT2D eigenvalue weighted by Crippen LogP contribution is -2.52. The molecule has 1 aromatic heterocycles. The normalized spacial score (nSPS) is 27.2. The van der Waals surface area contributed by atoms with Crippen molar-refractivity contribution in [2.75, 3.05) is 24.5 Å². The van der Waals surface area contributed by atoms with Gasteiger partial charge in [-0.25, -0.2) is 9.97 Å². The molecule has 0 bridgehead atoms. The third-order valence-corrected chi connectivity index (χ3v) is 4.11. The fourth-order valence-electron chi connectivity index (χ4n) is 3.09. The van der Waals surface area contributed by atoms with Gasteiger partial charge in [0.15, 0.2) is 0 Å². The highest BCUT2D eigenvalue weighted by molar-refractivity contribution is 5.32. The predicted octanol–water partition coefficient (Wildman–Crippen LogP) is 2.07. The minimum atomic E-state index is -4.41. The molecule has 2 aliphatic rings. The molecule has 2 atom stereocenters. The second-order valence-electron chi connectivity index (χ2n) is 5.44. The molecule has 3 heterocycles. The van der Waals surface area contributed by atoms with Gasteiger partial charge in [0.2, 0.25) is 5.95 Å². The Hall–Kier alpha value is -1.37. The Morgan fingerprint density at radius 2 is 2.15 bits per heavy atom. The highest BCUT2D eigenvalue weighted by atomic mass is 19.4. The van der Waals surface area contributed by atoms with Crippen LogP contribution in [0.2, 0.25) is 0 Å². The monoisotopic (exact) mass is 286 g/mol. The van der Waals surface area contributed by atoms with Gasteiger partial charge in [-0.15, -0.1) is 0 Å². The summed E-state index contributed by atoms with van der Waals surface area (Å²) in [7, 11) is 0. The van der Waals surface area contributed by atoms with Gasteiger partial charge in [-0.1, -0.05) is 0 Å². The number of fused-ring (bicyclic) bond motifs is 1. The Balaban J connectivity index is 1.76. The molecule has 2 saturated heterocycles. The van der Waals surface area contributed by atoms with E-state index in [0.717, 1.165) is 38.4 Å².